The van der Waals surface area contributed by atoms with Crippen molar-refractivity contribution in [2.45, 2.75) is 38.5 Å². The van der Waals surface area contributed by atoms with E-state index < -0.39 is 11.7 Å². The molecule has 2 amide bonds. The molecule has 0 saturated carbocycles. The van der Waals surface area contributed by atoms with Gasteiger partial charge in [0.1, 0.15) is 0 Å². The monoisotopic (exact) mass is 565 g/mol. The van der Waals surface area contributed by atoms with Gasteiger partial charge in [0.25, 0.3) is 17.4 Å². The maximum Gasteiger partial charge on any atom is 0.416 e. The van der Waals surface area contributed by atoms with Crippen molar-refractivity contribution in [3.63, 3.8) is 0 Å². The standard InChI is InChI=1S/C30H30F3N5O3/c1-4-5-17-38-28(41)24-19-37(27(40)22-10-8-21(9-11-22)26(39)36(2)3)18-15-25(24)35-29(38)34-16-14-20-6-12-23(13-7-20)30(31,32)33/h1,6-13H,5,14-19H2,2-3H3,(H,34,35). The Hall–Kier alpha value is -4.59. The summed E-state index contributed by atoms with van der Waals surface area (Å²) >= 11 is 0. The SMILES string of the molecule is C#CCCn1c(NCCc2ccc(C(F)(F)F)cc2)nc2c(c1=O)CN(C(=O)c1ccc(C(=O)N(C)C)cc1)CC2. The van der Waals surface area contributed by atoms with Crippen LogP contribution in [0.3, 0.4) is 0 Å². The van der Waals surface area contributed by atoms with Crippen LogP contribution in [0.15, 0.2) is 53.3 Å². The van der Waals surface area contributed by atoms with Gasteiger partial charge in [-0.2, -0.15) is 13.2 Å². The molecular weight excluding hydrogens is 535 g/mol. The van der Waals surface area contributed by atoms with Crippen LogP contribution in [0.2, 0.25) is 0 Å². The number of carbonyl (C=O) groups excluding carboxylic acids is 2. The van der Waals surface area contributed by atoms with Gasteiger partial charge in [-0.25, -0.2) is 4.98 Å². The van der Waals surface area contributed by atoms with Crippen LogP contribution in [0.25, 0.3) is 0 Å². The lowest BCUT2D eigenvalue weighted by Gasteiger charge is -2.29. The molecule has 0 spiro atoms. The maximum atomic E-state index is 13.5. The van der Waals surface area contributed by atoms with Gasteiger partial charge in [0.15, 0.2) is 0 Å². The first-order valence-electron chi connectivity index (χ1n) is 13.1. The molecule has 0 bridgehead atoms. The van der Waals surface area contributed by atoms with Crippen molar-refractivity contribution in [2.75, 3.05) is 32.5 Å². The molecule has 2 aromatic carbocycles. The Kier molecular flexibility index (Phi) is 8.81. The highest BCUT2D eigenvalue weighted by Crippen LogP contribution is 2.29. The molecule has 0 unspecified atom stereocenters. The van der Waals surface area contributed by atoms with Crippen molar-refractivity contribution < 1.29 is 22.8 Å². The summed E-state index contributed by atoms with van der Waals surface area (Å²) in [7, 11) is 3.30. The van der Waals surface area contributed by atoms with Crippen molar-refractivity contribution >= 4 is 17.8 Å². The van der Waals surface area contributed by atoms with Crippen LogP contribution < -0.4 is 10.9 Å². The number of alkyl halides is 3. The van der Waals surface area contributed by atoms with Gasteiger partial charge in [0.2, 0.25) is 5.95 Å². The first-order chi connectivity index (χ1) is 19.5. The lowest BCUT2D eigenvalue weighted by atomic mass is 10.0. The van der Waals surface area contributed by atoms with Crippen LogP contribution in [0.1, 0.15) is 49.5 Å². The Balaban J connectivity index is 1.49. The highest BCUT2D eigenvalue weighted by molar-refractivity contribution is 5.97. The Morgan fingerprint density at radius 3 is 2.34 bits per heavy atom. The molecule has 1 aromatic heterocycles. The summed E-state index contributed by atoms with van der Waals surface area (Å²) in [6.07, 6.45) is 2.12. The fourth-order valence-corrected chi connectivity index (χ4v) is 4.58. The largest absolute Gasteiger partial charge is 0.416 e. The van der Waals surface area contributed by atoms with Gasteiger partial charge in [-0.05, 0) is 48.4 Å². The number of aromatic nitrogens is 2. The lowest BCUT2D eigenvalue weighted by Crippen LogP contribution is -2.41. The number of rotatable bonds is 8. The van der Waals surface area contributed by atoms with Crippen molar-refractivity contribution in [2.24, 2.45) is 0 Å². The van der Waals surface area contributed by atoms with E-state index in [1.165, 1.54) is 21.6 Å². The zero-order valence-corrected chi connectivity index (χ0v) is 22.8. The second-order valence-corrected chi connectivity index (χ2v) is 9.90. The second kappa shape index (κ2) is 12.3. The van der Waals surface area contributed by atoms with Crippen LogP contribution in [-0.4, -0.2) is 58.4 Å². The average Bonchev–Trinajstić information content (AvgIpc) is 2.96. The second-order valence-electron chi connectivity index (χ2n) is 9.90. The molecule has 0 saturated heterocycles. The van der Waals surface area contributed by atoms with Gasteiger partial charge in [0, 0.05) is 57.7 Å². The maximum absolute atomic E-state index is 13.5. The molecule has 0 aliphatic carbocycles. The molecule has 2 heterocycles. The molecule has 0 radical (unpaired) electrons. The fraction of sp³-hybridized carbons (Fsp3) is 0.333. The minimum Gasteiger partial charge on any atom is -0.355 e. The van der Waals surface area contributed by atoms with Crippen LogP contribution in [0.5, 0.6) is 0 Å². The number of amides is 2. The number of nitrogens with zero attached hydrogens (tertiary/aromatic N) is 4. The first-order valence-corrected chi connectivity index (χ1v) is 13.1. The molecule has 1 aliphatic rings. The molecule has 4 rings (SSSR count). The van der Waals surface area contributed by atoms with E-state index in [4.69, 9.17) is 6.42 Å². The van der Waals surface area contributed by atoms with Crippen LogP contribution in [0, 0.1) is 12.3 Å². The Morgan fingerprint density at radius 2 is 1.73 bits per heavy atom. The van der Waals surface area contributed by atoms with Crippen molar-refractivity contribution in [1.29, 1.82) is 0 Å². The number of carbonyl (C=O) groups is 2. The Bertz CT molecular complexity index is 1520. The molecule has 3 aromatic rings. The zero-order chi connectivity index (χ0) is 29.7. The topological polar surface area (TPSA) is 87.5 Å². The minimum atomic E-state index is -4.39. The lowest BCUT2D eigenvalue weighted by molar-refractivity contribution is -0.137. The molecule has 214 valence electrons. The van der Waals surface area contributed by atoms with Gasteiger partial charge in [0.05, 0.1) is 23.4 Å². The number of benzene rings is 2. The van der Waals surface area contributed by atoms with Crippen molar-refractivity contribution in [1.82, 2.24) is 19.4 Å². The van der Waals surface area contributed by atoms with Crippen molar-refractivity contribution in [3.05, 3.63) is 92.4 Å². The highest BCUT2D eigenvalue weighted by Gasteiger charge is 2.30. The van der Waals surface area contributed by atoms with Crippen LogP contribution in [-0.2, 0) is 32.1 Å². The Labute approximate surface area is 235 Å². The summed E-state index contributed by atoms with van der Waals surface area (Å²) < 4.78 is 39.9. The molecule has 1 aliphatic heterocycles. The number of terminal acetylenes is 1. The van der Waals surface area contributed by atoms with E-state index >= 15 is 0 Å². The normalized spacial score (nSPS) is 12.8. The van der Waals surface area contributed by atoms with Crippen molar-refractivity contribution in [3.8, 4) is 12.3 Å². The summed E-state index contributed by atoms with van der Waals surface area (Å²) in [4.78, 5) is 46.6. The van der Waals surface area contributed by atoms with E-state index in [-0.39, 0.29) is 36.9 Å². The van der Waals surface area contributed by atoms with Crippen LogP contribution >= 0.6 is 0 Å². The van der Waals surface area contributed by atoms with E-state index in [9.17, 15) is 27.6 Å². The van der Waals surface area contributed by atoms with E-state index in [1.54, 1.807) is 43.3 Å². The minimum absolute atomic E-state index is 0.0836. The average molecular weight is 566 g/mol. The highest BCUT2D eigenvalue weighted by atomic mass is 19.4. The van der Waals surface area contributed by atoms with E-state index in [0.29, 0.717) is 59.8 Å². The number of halogens is 3. The molecule has 8 nitrogen and oxygen atoms in total. The van der Waals surface area contributed by atoms with Gasteiger partial charge >= 0.3 is 6.18 Å². The zero-order valence-electron chi connectivity index (χ0n) is 22.8. The number of hydrogen-bond donors (Lipinski definition) is 1. The summed E-state index contributed by atoms with van der Waals surface area (Å²) in [5.74, 6) is 2.42. The van der Waals surface area contributed by atoms with Crippen LogP contribution in [0.4, 0.5) is 19.1 Å². The molecule has 0 fully saturated rings. The first kappa shape index (κ1) is 29.4. The molecule has 0 atom stereocenters. The summed E-state index contributed by atoms with van der Waals surface area (Å²) in [5, 5.41) is 3.14. The molecular formula is C30H30F3N5O3. The molecule has 11 heteroatoms. The third-order valence-electron chi connectivity index (χ3n) is 6.85. The van der Waals surface area contributed by atoms with E-state index in [0.717, 1.165) is 12.1 Å². The van der Waals surface area contributed by atoms with E-state index in [1.807, 2.05) is 0 Å². The summed E-state index contributed by atoms with van der Waals surface area (Å²) in [5.41, 5.74) is 1.56. The fourth-order valence-electron chi connectivity index (χ4n) is 4.58. The third-order valence-corrected chi connectivity index (χ3v) is 6.85. The number of fused-ring (bicyclic) bond motifs is 1. The predicted molar refractivity (Wildman–Crippen MR) is 148 cm³/mol. The molecule has 1 N–H and O–H groups in total. The van der Waals surface area contributed by atoms with Gasteiger partial charge in [-0.1, -0.05) is 12.1 Å². The number of nitrogens with one attached hydrogen (secondary N) is 1. The number of anilines is 1. The number of hydrogen-bond acceptors (Lipinski definition) is 5. The summed E-state index contributed by atoms with van der Waals surface area (Å²) in [6, 6.07) is 11.3. The Morgan fingerprint density at radius 1 is 1.07 bits per heavy atom. The summed E-state index contributed by atoms with van der Waals surface area (Å²) in [6.45, 7) is 0.993. The third kappa shape index (κ3) is 6.77. The van der Waals surface area contributed by atoms with Gasteiger partial charge in [-0.3, -0.25) is 19.0 Å². The quantitative estimate of drug-likeness (QED) is 0.420. The van der Waals surface area contributed by atoms with Gasteiger partial charge in [-0.15, -0.1) is 12.3 Å². The molecule has 41 heavy (non-hydrogen) atoms. The van der Waals surface area contributed by atoms with Gasteiger partial charge < -0.3 is 15.1 Å². The van der Waals surface area contributed by atoms with E-state index in [2.05, 4.69) is 16.2 Å². The predicted octanol–water partition coefficient (Wildman–Crippen LogP) is 3.84. The smallest absolute Gasteiger partial charge is 0.355 e.